The van der Waals surface area contributed by atoms with Gasteiger partial charge < -0.3 is 0 Å². The quantitative estimate of drug-likeness (QED) is 0.289. The van der Waals surface area contributed by atoms with Gasteiger partial charge in [-0.15, -0.1) is 0 Å². The van der Waals surface area contributed by atoms with E-state index in [0.29, 0.717) is 0 Å². The Labute approximate surface area is 205 Å². The van der Waals surface area contributed by atoms with E-state index in [1.165, 1.54) is 39.0 Å². The summed E-state index contributed by atoms with van der Waals surface area (Å²) in [7, 11) is 0. The number of fused-ring (bicyclic) bond motifs is 3. The van der Waals surface area contributed by atoms with E-state index in [9.17, 15) is 0 Å². The number of imidazole rings is 1. The summed E-state index contributed by atoms with van der Waals surface area (Å²) in [6, 6.07) is 13.9. The predicted molar refractivity (Wildman–Crippen MR) is 144 cm³/mol. The summed E-state index contributed by atoms with van der Waals surface area (Å²) in [5, 5.41) is 1.35. The minimum atomic E-state index is -0.0439. The second kappa shape index (κ2) is 7.06. The molecule has 0 radical (unpaired) electrons. The standard InChI is InChI=1S/C31H42N3/c1-11-30(10)31(12-2,13-3)20-18-24(28(4,5)6)32-21-19-25(29(7,8)9)33-22-16-14-15-17-23(22)34(30)27(33)26(20)21/h14-19H,11-13H2,1-10H3/q+1. The number of pyridine rings is 2. The Bertz CT molecular complexity index is 1440. The highest BCUT2D eigenvalue weighted by Crippen LogP contribution is 2.53. The van der Waals surface area contributed by atoms with Gasteiger partial charge in [-0.25, -0.2) is 4.57 Å². The van der Waals surface area contributed by atoms with Crippen molar-refractivity contribution in [2.24, 2.45) is 0 Å². The second-order valence-corrected chi connectivity index (χ2v) is 12.7. The number of benzene rings is 1. The Kier molecular flexibility index (Phi) is 4.84. The van der Waals surface area contributed by atoms with E-state index in [1.54, 1.807) is 0 Å². The zero-order valence-corrected chi connectivity index (χ0v) is 22.9. The normalized spacial score (nSPS) is 20.2. The fourth-order valence-corrected chi connectivity index (χ4v) is 6.94. The lowest BCUT2D eigenvalue weighted by Gasteiger charge is -2.49. The Balaban J connectivity index is 2.19. The van der Waals surface area contributed by atoms with Crippen molar-refractivity contribution < 1.29 is 4.57 Å². The van der Waals surface area contributed by atoms with Crippen LogP contribution in [0.1, 0.15) is 105 Å². The van der Waals surface area contributed by atoms with Gasteiger partial charge in [0.25, 0.3) is 5.65 Å². The molecule has 3 aromatic heterocycles. The van der Waals surface area contributed by atoms with Gasteiger partial charge in [0, 0.05) is 28.0 Å². The Morgan fingerprint density at radius 1 is 0.882 bits per heavy atom. The first-order chi connectivity index (χ1) is 15.9. The first-order valence-corrected chi connectivity index (χ1v) is 13.2. The van der Waals surface area contributed by atoms with E-state index in [2.05, 4.69) is 115 Å². The molecule has 1 aliphatic heterocycles. The van der Waals surface area contributed by atoms with Gasteiger partial charge in [0.15, 0.2) is 11.0 Å². The molecule has 0 spiro atoms. The number of aromatic nitrogens is 3. The zero-order valence-electron chi connectivity index (χ0n) is 22.9. The number of rotatable bonds is 3. The minimum Gasteiger partial charge on any atom is -0.252 e. The highest BCUT2D eigenvalue weighted by Gasteiger charge is 2.57. The third kappa shape index (κ3) is 2.70. The van der Waals surface area contributed by atoms with Gasteiger partial charge in [-0.3, -0.25) is 4.98 Å². The molecule has 0 fully saturated rings. The van der Waals surface area contributed by atoms with Crippen LogP contribution in [0.4, 0.5) is 0 Å². The fraction of sp³-hybridized carbons (Fsp3) is 0.548. The number of nitrogens with zero attached hydrogens (tertiary/aromatic N) is 3. The van der Waals surface area contributed by atoms with Crippen molar-refractivity contribution in [3.8, 4) is 0 Å². The van der Waals surface area contributed by atoms with Crippen LogP contribution in [0, 0.1) is 0 Å². The highest BCUT2D eigenvalue weighted by atomic mass is 15.2. The van der Waals surface area contributed by atoms with Crippen molar-refractivity contribution >= 4 is 27.6 Å². The van der Waals surface area contributed by atoms with E-state index in [1.807, 2.05) is 0 Å². The van der Waals surface area contributed by atoms with E-state index in [4.69, 9.17) is 4.98 Å². The molecule has 0 N–H and O–H groups in total. The number of para-hydroxylation sites is 2. The molecule has 5 rings (SSSR count). The van der Waals surface area contributed by atoms with Crippen molar-refractivity contribution in [1.29, 1.82) is 0 Å². The van der Waals surface area contributed by atoms with Crippen molar-refractivity contribution in [1.82, 2.24) is 9.38 Å². The summed E-state index contributed by atoms with van der Waals surface area (Å²) in [6.07, 6.45) is 3.29. The van der Waals surface area contributed by atoms with Crippen LogP contribution in [0.5, 0.6) is 0 Å². The van der Waals surface area contributed by atoms with Gasteiger partial charge in [-0.1, -0.05) is 74.4 Å². The summed E-state index contributed by atoms with van der Waals surface area (Å²) in [6.45, 7) is 23.6. The number of hydrogen-bond acceptors (Lipinski definition) is 1. The van der Waals surface area contributed by atoms with Gasteiger partial charge >= 0.3 is 0 Å². The highest BCUT2D eigenvalue weighted by molar-refractivity contribution is 5.98. The van der Waals surface area contributed by atoms with Crippen LogP contribution < -0.4 is 4.57 Å². The van der Waals surface area contributed by atoms with Crippen LogP contribution in [0.25, 0.3) is 27.6 Å². The molecule has 0 saturated carbocycles. The molecule has 0 saturated heterocycles. The molecule has 180 valence electrons. The molecule has 1 atom stereocenters. The maximum atomic E-state index is 5.36. The Morgan fingerprint density at radius 3 is 2.09 bits per heavy atom. The molecule has 1 aliphatic rings. The smallest absolute Gasteiger partial charge is 0.252 e. The molecule has 4 heterocycles. The molecule has 3 nitrogen and oxygen atoms in total. The predicted octanol–water partition coefficient (Wildman–Crippen LogP) is 7.72. The molecule has 0 amide bonds. The van der Waals surface area contributed by atoms with E-state index in [-0.39, 0.29) is 21.8 Å². The van der Waals surface area contributed by atoms with Crippen molar-refractivity contribution in [2.75, 3.05) is 0 Å². The third-order valence-electron chi connectivity index (χ3n) is 9.04. The average Bonchev–Trinajstić information content (AvgIpc) is 3.13. The van der Waals surface area contributed by atoms with Crippen molar-refractivity contribution in [3.05, 3.63) is 53.3 Å². The molecule has 1 unspecified atom stereocenters. The molecular weight excluding hydrogens is 414 g/mol. The maximum Gasteiger partial charge on any atom is 0.297 e. The van der Waals surface area contributed by atoms with Crippen LogP contribution in [0.2, 0.25) is 0 Å². The number of hydrogen-bond donors (Lipinski definition) is 0. The van der Waals surface area contributed by atoms with Crippen LogP contribution in [0.15, 0.2) is 36.4 Å². The summed E-state index contributed by atoms with van der Waals surface area (Å²) in [5.41, 5.74) is 9.13. The summed E-state index contributed by atoms with van der Waals surface area (Å²) < 4.78 is 5.26. The van der Waals surface area contributed by atoms with Crippen molar-refractivity contribution in [3.63, 3.8) is 0 Å². The average molecular weight is 457 g/mol. The molecule has 0 bridgehead atoms. The lowest BCUT2D eigenvalue weighted by atomic mass is 9.59. The van der Waals surface area contributed by atoms with Gasteiger partial charge in [-0.2, -0.15) is 4.40 Å². The molecule has 3 heteroatoms. The minimum absolute atomic E-state index is 0.00528. The van der Waals surface area contributed by atoms with Gasteiger partial charge in [0.05, 0.1) is 10.9 Å². The van der Waals surface area contributed by atoms with E-state index in [0.717, 1.165) is 24.8 Å². The SMILES string of the molecule is CCC1(CC)c2cc(C(C)(C)C)nc3cc(C(C)(C)C)n4c5ccccc5[n+](c4c23)C1(C)CC. The first-order valence-electron chi connectivity index (χ1n) is 13.2. The van der Waals surface area contributed by atoms with Crippen LogP contribution >= 0.6 is 0 Å². The second-order valence-electron chi connectivity index (χ2n) is 12.7. The molecule has 0 aliphatic carbocycles. The molecule has 34 heavy (non-hydrogen) atoms. The Hall–Kier alpha value is -2.42. The molecule has 1 aromatic carbocycles. The van der Waals surface area contributed by atoms with Gasteiger partial charge in [0.1, 0.15) is 11.2 Å². The molecular formula is C31H42N3+. The summed E-state index contributed by atoms with van der Waals surface area (Å²) >= 11 is 0. The van der Waals surface area contributed by atoms with E-state index < -0.39 is 0 Å². The summed E-state index contributed by atoms with van der Waals surface area (Å²) in [4.78, 5) is 5.36. The summed E-state index contributed by atoms with van der Waals surface area (Å²) in [5.74, 6) is 0. The van der Waals surface area contributed by atoms with Crippen LogP contribution in [-0.2, 0) is 21.8 Å². The third-order valence-corrected chi connectivity index (χ3v) is 9.04. The largest absolute Gasteiger partial charge is 0.297 e. The zero-order chi connectivity index (χ0) is 24.8. The lowest BCUT2D eigenvalue weighted by Crippen LogP contribution is -2.67. The van der Waals surface area contributed by atoms with Crippen molar-refractivity contribution in [2.45, 2.75) is 110 Å². The fourth-order valence-electron chi connectivity index (χ4n) is 6.94. The van der Waals surface area contributed by atoms with Gasteiger partial charge in [0.2, 0.25) is 0 Å². The lowest BCUT2D eigenvalue weighted by molar-refractivity contribution is -0.729. The van der Waals surface area contributed by atoms with Gasteiger partial charge in [-0.05, 0) is 49.9 Å². The first kappa shape index (κ1) is 23.3. The monoisotopic (exact) mass is 456 g/mol. The topological polar surface area (TPSA) is 21.2 Å². The van der Waals surface area contributed by atoms with Crippen LogP contribution in [-0.4, -0.2) is 9.38 Å². The van der Waals surface area contributed by atoms with Crippen LogP contribution in [0.3, 0.4) is 0 Å². The van der Waals surface area contributed by atoms with E-state index >= 15 is 0 Å². The Morgan fingerprint density at radius 2 is 1.53 bits per heavy atom. The maximum absolute atomic E-state index is 5.36. The molecule has 4 aromatic rings.